The van der Waals surface area contributed by atoms with E-state index in [0.29, 0.717) is 6.61 Å². The maximum Gasteiger partial charge on any atom is 0.230 e. The van der Waals surface area contributed by atoms with Crippen molar-refractivity contribution in [2.45, 2.75) is 53.4 Å². The summed E-state index contributed by atoms with van der Waals surface area (Å²) in [5.74, 6) is 1.08. The Morgan fingerprint density at radius 1 is 1.25 bits per heavy atom. The molecule has 0 spiro atoms. The van der Waals surface area contributed by atoms with Crippen LogP contribution in [-0.2, 0) is 4.79 Å². The highest BCUT2D eigenvalue weighted by Crippen LogP contribution is 2.38. The molecule has 1 aliphatic rings. The molecule has 2 rings (SSSR count). The van der Waals surface area contributed by atoms with Gasteiger partial charge in [0.1, 0.15) is 5.75 Å². The second-order valence-corrected chi connectivity index (χ2v) is 6.09. The second kappa shape index (κ2) is 5.86. The van der Waals surface area contributed by atoms with Crippen molar-refractivity contribution in [3.05, 3.63) is 23.3 Å². The summed E-state index contributed by atoms with van der Waals surface area (Å²) in [6, 6.07) is 3.99. The van der Waals surface area contributed by atoms with Gasteiger partial charge in [-0.05, 0) is 56.9 Å². The summed E-state index contributed by atoms with van der Waals surface area (Å²) in [4.78, 5) is 12.4. The Balaban J connectivity index is 2.16. The number of anilines is 1. The van der Waals surface area contributed by atoms with Crippen molar-refractivity contribution < 1.29 is 9.53 Å². The monoisotopic (exact) mass is 275 g/mol. The van der Waals surface area contributed by atoms with Crippen molar-refractivity contribution in [3.63, 3.8) is 0 Å². The molecule has 0 unspecified atom stereocenters. The molecule has 0 radical (unpaired) electrons. The largest absolute Gasteiger partial charge is 0.493 e. The van der Waals surface area contributed by atoms with E-state index in [-0.39, 0.29) is 11.3 Å². The fraction of sp³-hybridized carbons (Fsp3) is 0.588. The Morgan fingerprint density at radius 2 is 1.80 bits per heavy atom. The lowest BCUT2D eigenvalue weighted by molar-refractivity contribution is -0.124. The molecule has 1 amide bonds. The number of amides is 1. The molecule has 1 aromatic carbocycles. The van der Waals surface area contributed by atoms with E-state index >= 15 is 0 Å². The van der Waals surface area contributed by atoms with Gasteiger partial charge < -0.3 is 10.1 Å². The molecule has 1 N–H and O–H groups in total. The maximum absolute atomic E-state index is 12.4. The topological polar surface area (TPSA) is 38.3 Å². The molecule has 0 saturated heterocycles. The Kier molecular flexibility index (Phi) is 4.36. The van der Waals surface area contributed by atoms with Gasteiger partial charge in [-0.1, -0.05) is 19.8 Å². The van der Waals surface area contributed by atoms with Gasteiger partial charge >= 0.3 is 0 Å². The smallest absolute Gasteiger partial charge is 0.230 e. The molecular formula is C17H25NO2. The molecule has 0 atom stereocenters. The lowest BCUT2D eigenvalue weighted by atomic mass is 9.87. The van der Waals surface area contributed by atoms with Crippen LogP contribution < -0.4 is 10.1 Å². The number of hydrogen-bond donors (Lipinski definition) is 1. The van der Waals surface area contributed by atoms with Crippen molar-refractivity contribution in [2.75, 3.05) is 11.9 Å². The van der Waals surface area contributed by atoms with Crippen LogP contribution in [-0.4, -0.2) is 12.5 Å². The van der Waals surface area contributed by atoms with Gasteiger partial charge in [0.2, 0.25) is 5.91 Å². The standard InChI is InChI=1S/C17H25NO2/c1-5-20-15-12(2)10-14(11-13(15)3)18-16(19)17(4)8-6-7-9-17/h10-11H,5-9H2,1-4H3,(H,18,19). The van der Waals surface area contributed by atoms with Crippen LogP contribution in [0.4, 0.5) is 5.69 Å². The van der Waals surface area contributed by atoms with Crippen molar-refractivity contribution in [1.29, 1.82) is 0 Å². The summed E-state index contributed by atoms with van der Waals surface area (Å²) in [6.07, 6.45) is 4.30. The third-order valence-corrected chi connectivity index (χ3v) is 4.26. The molecule has 1 aromatic rings. The van der Waals surface area contributed by atoms with Crippen LogP contribution in [0.15, 0.2) is 12.1 Å². The number of carbonyl (C=O) groups excluding carboxylic acids is 1. The minimum absolute atomic E-state index is 0.151. The van der Waals surface area contributed by atoms with Crippen LogP contribution in [0.25, 0.3) is 0 Å². The molecular weight excluding hydrogens is 250 g/mol. The minimum Gasteiger partial charge on any atom is -0.493 e. The van der Waals surface area contributed by atoms with Crippen molar-refractivity contribution in [3.8, 4) is 5.75 Å². The van der Waals surface area contributed by atoms with Gasteiger partial charge in [0, 0.05) is 11.1 Å². The lowest BCUT2D eigenvalue weighted by Crippen LogP contribution is -2.30. The normalized spacial score (nSPS) is 17.0. The molecule has 0 aliphatic heterocycles. The predicted octanol–water partition coefficient (Wildman–Crippen LogP) is 4.22. The van der Waals surface area contributed by atoms with E-state index in [1.54, 1.807) is 0 Å². The molecule has 110 valence electrons. The van der Waals surface area contributed by atoms with Gasteiger partial charge in [-0.25, -0.2) is 0 Å². The molecule has 0 aromatic heterocycles. The fourth-order valence-corrected chi connectivity index (χ4v) is 3.06. The van der Waals surface area contributed by atoms with Crippen LogP contribution in [0.1, 0.15) is 50.7 Å². The average molecular weight is 275 g/mol. The zero-order valence-electron chi connectivity index (χ0n) is 13.0. The number of rotatable bonds is 4. The van der Waals surface area contributed by atoms with Gasteiger partial charge in [-0.15, -0.1) is 0 Å². The van der Waals surface area contributed by atoms with E-state index < -0.39 is 0 Å². The van der Waals surface area contributed by atoms with E-state index in [1.165, 1.54) is 0 Å². The molecule has 3 nitrogen and oxygen atoms in total. The zero-order chi connectivity index (χ0) is 14.8. The first kappa shape index (κ1) is 14.9. The number of carbonyl (C=O) groups is 1. The highest BCUT2D eigenvalue weighted by atomic mass is 16.5. The Labute approximate surface area is 121 Å². The Bertz CT molecular complexity index is 479. The fourth-order valence-electron chi connectivity index (χ4n) is 3.06. The molecule has 1 saturated carbocycles. The predicted molar refractivity (Wildman–Crippen MR) is 82.3 cm³/mol. The molecule has 20 heavy (non-hydrogen) atoms. The quantitative estimate of drug-likeness (QED) is 0.893. The zero-order valence-corrected chi connectivity index (χ0v) is 13.0. The van der Waals surface area contributed by atoms with Crippen LogP contribution >= 0.6 is 0 Å². The number of nitrogens with one attached hydrogen (secondary N) is 1. The van der Waals surface area contributed by atoms with Crippen LogP contribution in [0, 0.1) is 19.3 Å². The van der Waals surface area contributed by atoms with Gasteiger partial charge in [0.05, 0.1) is 6.61 Å². The number of hydrogen-bond acceptors (Lipinski definition) is 2. The molecule has 1 fully saturated rings. The van der Waals surface area contributed by atoms with E-state index in [2.05, 4.69) is 12.2 Å². The first-order valence-corrected chi connectivity index (χ1v) is 7.52. The third-order valence-electron chi connectivity index (χ3n) is 4.26. The van der Waals surface area contributed by atoms with Gasteiger partial charge in [0.15, 0.2) is 0 Å². The van der Waals surface area contributed by atoms with Gasteiger partial charge in [-0.3, -0.25) is 4.79 Å². The summed E-state index contributed by atoms with van der Waals surface area (Å²) < 4.78 is 5.63. The van der Waals surface area contributed by atoms with E-state index in [9.17, 15) is 4.79 Å². The second-order valence-electron chi connectivity index (χ2n) is 6.09. The van der Waals surface area contributed by atoms with Crippen LogP contribution in [0.2, 0.25) is 0 Å². The highest BCUT2D eigenvalue weighted by Gasteiger charge is 2.36. The van der Waals surface area contributed by atoms with Crippen molar-refractivity contribution in [2.24, 2.45) is 5.41 Å². The summed E-state index contributed by atoms with van der Waals surface area (Å²) >= 11 is 0. The summed E-state index contributed by atoms with van der Waals surface area (Å²) in [6.45, 7) is 8.75. The van der Waals surface area contributed by atoms with E-state index in [1.807, 2.05) is 32.9 Å². The first-order valence-electron chi connectivity index (χ1n) is 7.52. The van der Waals surface area contributed by atoms with Crippen molar-refractivity contribution >= 4 is 11.6 Å². The Morgan fingerprint density at radius 3 is 2.30 bits per heavy atom. The molecule has 3 heteroatoms. The number of ether oxygens (including phenoxy) is 1. The third kappa shape index (κ3) is 2.97. The van der Waals surface area contributed by atoms with Gasteiger partial charge in [-0.2, -0.15) is 0 Å². The minimum atomic E-state index is -0.194. The summed E-state index contributed by atoms with van der Waals surface area (Å²) in [7, 11) is 0. The highest BCUT2D eigenvalue weighted by molar-refractivity contribution is 5.95. The SMILES string of the molecule is CCOc1c(C)cc(NC(=O)C2(C)CCCC2)cc1C. The summed E-state index contributed by atoms with van der Waals surface area (Å²) in [5.41, 5.74) is 2.82. The van der Waals surface area contributed by atoms with E-state index in [0.717, 1.165) is 48.2 Å². The van der Waals surface area contributed by atoms with E-state index in [4.69, 9.17) is 4.74 Å². The Hall–Kier alpha value is -1.51. The van der Waals surface area contributed by atoms with Crippen LogP contribution in [0.3, 0.4) is 0 Å². The summed E-state index contributed by atoms with van der Waals surface area (Å²) in [5, 5.41) is 3.08. The number of benzene rings is 1. The van der Waals surface area contributed by atoms with Crippen molar-refractivity contribution in [1.82, 2.24) is 0 Å². The number of aryl methyl sites for hydroxylation is 2. The molecule has 0 heterocycles. The van der Waals surface area contributed by atoms with Crippen LogP contribution in [0.5, 0.6) is 5.75 Å². The lowest BCUT2D eigenvalue weighted by Gasteiger charge is -2.23. The maximum atomic E-state index is 12.4. The molecule has 0 bridgehead atoms. The van der Waals surface area contributed by atoms with Gasteiger partial charge in [0.25, 0.3) is 0 Å². The average Bonchev–Trinajstić information content (AvgIpc) is 2.82. The first-order chi connectivity index (χ1) is 9.46. The molecule has 1 aliphatic carbocycles.